The number of carbonyl (C=O) groups is 1. The summed E-state index contributed by atoms with van der Waals surface area (Å²) in [6.45, 7) is 3.11. The van der Waals surface area contributed by atoms with Crippen molar-refractivity contribution in [2.24, 2.45) is 0 Å². The van der Waals surface area contributed by atoms with Gasteiger partial charge in [-0.2, -0.15) is 0 Å². The zero-order valence-corrected chi connectivity index (χ0v) is 15.4. The highest BCUT2D eigenvalue weighted by Gasteiger charge is 2.32. The third-order valence-electron chi connectivity index (χ3n) is 4.40. The molecule has 0 spiro atoms. The van der Waals surface area contributed by atoms with E-state index in [0.717, 1.165) is 31.4 Å². The number of nitrogens with one attached hydrogen (secondary N) is 1. The van der Waals surface area contributed by atoms with Crippen LogP contribution in [0.2, 0.25) is 0 Å². The van der Waals surface area contributed by atoms with Crippen LogP contribution in [0, 0.1) is 0 Å². The van der Waals surface area contributed by atoms with Crippen LogP contribution < -0.4 is 10.2 Å². The van der Waals surface area contributed by atoms with Gasteiger partial charge in [0.05, 0.1) is 5.56 Å². The van der Waals surface area contributed by atoms with Crippen molar-refractivity contribution >= 4 is 11.9 Å². The van der Waals surface area contributed by atoms with Crippen molar-refractivity contribution in [1.29, 1.82) is 0 Å². The molecule has 8 nitrogen and oxygen atoms in total. The number of nitrogens with zero attached hydrogens (tertiary/aromatic N) is 5. The molecule has 3 heterocycles. The Balaban J connectivity index is 1.58. The molecule has 0 bridgehead atoms. The summed E-state index contributed by atoms with van der Waals surface area (Å²) in [5.41, 5.74) is 0.828. The monoisotopic (exact) mass is 356 g/mol. The fourth-order valence-electron chi connectivity index (χ4n) is 2.78. The highest BCUT2D eigenvalue weighted by atomic mass is 16.5. The summed E-state index contributed by atoms with van der Waals surface area (Å²) < 4.78 is 5.86. The van der Waals surface area contributed by atoms with Crippen LogP contribution >= 0.6 is 0 Å². The van der Waals surface area contributed by atoms with Crippen molar-refractivity contribution in [3.63, 3.8) is 0 Å². The molecule has 0 unspecified atom stereocenters. The molecule has 8 heteroatoms. The highest BCUT2D eigenvalue weighted by molar-refractivity contribution is 5.93. The lowest BCUT2D eigenvalue weighted by Crippen LogP contribution is -2.32. The summed E-state index contributed by atoms with van der Waals surface area (Å²) in [5.74, 6) is 1.02. The maximum atomic E-state index is 12.2. The quantitative estimate of drug-likeness (QED) is 0.871. The molecule has 1 aliphatic heterocycles. The Morgan fingerprint density at radius 2 is 1.85 bits per heavy atom. The minimum atomic E-state index is -0.411. The highest BCUT2D eigenvalue weighted by Crippen LogP contribution is 2.32. The molecule has 3 rings (SSSR count). The molecule has 1 N–H and O–H groups in total. The van der Waals surface area contributed by atoms with Crippen LogP contribution in [-0.4, -0.2) is 46.5 Å². The number of hydrogen-bond acceptors (Lipinski definition) is 7. The van der Waals surface area contributed by atoms with Crippen molar-refractivity contribution in [2.45, 2.75) is 38.3 Å². The first-order valence-corrected chi connectivity index (χ1v) is 8.71. The molecule has 1 atom stereocenters. The van der Waals surface area contributed by atoms with Gasteiger partial charge in [0.2, 0.25) is 5.95 Å². The van der Waals surface area contributed by atoms with E-state index in [1.807, 2.05) is 21.0 Å². The van der Waals surface area contributed by atoms with Crippen LogP contribution in [0.5, 0.6) is 0 Å². The lowest BCUT2D eigenvalue weighted by molar-refractivity contribution is -0.0760. The summed E-state index contributed by atoms with van der Waals surface area (Å²) in [7, 11) is 3.69. The second-order valence-corrected chi connectivity index (χ2v) is 6.80. The summed E-state index contributed by atoms with van der Waals surface area (Å²) in [6.07, 6.45) is 9.61. The topological polar surface area (TPSA) is 93.1 Å². The fourth-order valence-corrected chi connectivity index (χ4v) is 2.78. The minimum absolute atomic E-state index is 0.234. The number of rotatable bonds is 5. The normalized spacial score (nSPS) is 19.8. The molecule has 0 radical (unpaired) electrons. The molecule has 138 valence electrons. The molecule has 1 fully saturated rings. The number of hydrogen-bond donors (Lipinski definition) is 1. The molecular formula is C18H24N6O2. The van der Waals surface area contributed by atoms with Crippen molar-refractivity contribution in [1.82, 2.24) is 25.3 Å². The first-order valence-electron chi connectivity index (χ1n) is 8.71. The summed E-state index contributed by atoms with van der Waals surface area (Å²) in [4.78, 5) is 31.1. The van der Waals surface area contributed by atoms with Gasteiger partial charge in [-0.3, -0.25) is 4.79 Å². The molecular weight excluding hydrogens is 332 g/mol. The number of carbonyl (C=O) groups excluding carboxylic acids is 1. The van der Waals surface area contributed by atoms with Gasteiger partial charge in [0.25, 0.3) is 5.91 Å². The van der Waals surface area contributed by atoms with Crippen LogP contribution in [0.15, 0.2) is 24.8 Å². The van der Waals surface area contributed by atoms with Gasteiger partial charge in [0.15, 0.2) is 5.82 Å². The second kappa shape index (κ2) is 7.74. The van der Waals surface area contributed by atoms with Gasteiger partial charge in [0.1, 0.15) is 5.60 Å². The van der Waals surface area contributed by atoms with Gasteiger partial charge in [-0.25, -0.2) is 19.9 Å². The Labute approximate surface area is 153 Å². The van der Waals surface area contributed by atoms with Crippen LogP contribution in [0.4, 0.5) is 5.95 Å². The Hall–Kier alpha value is -2.61. The van der Waals surface area contributed by atoms with Crippen molar-refractivity contribution in [3.8, 4) is 0 Å². The molecule has 1 amide bonds. The third-order valence-corrected chi connectivity index (χ3v) is 4.40. The lowest BCUT2D eigenvalue weighted by atomic mass is 9.95. The lowest BCUT2D eigenvalue weighted by Gasteiger charge is -2.32. The first-order chi connectivity index (χ1) is 12.5. The molecule has 2 aromatic rings. The largest absolute Gasteiger partial charge is 0.367 e. The predicted octanol–water partition coefficient (Wildman–Crippen LogP) is 1.68. The zero-order chi connectivity index (χ0) is 18.6. The van der Waals surface area contributed by atoms with E-state index in [0.29, 0.717) is 23.9 Å². The molecule has 1 saturated heterocycles. The van der Waals surface area contributed by atoms with E-state index in [-0.39, 0.29) is 5.91 Å². The maximum absolute atomic E-state index is 12.2. The van der Waals surface area contributed by atoms with Crippen LogP contribution in [-0.2, 0) is 16.9 Å². The van der Waals surface area contributed by atoms with Crippen molar-refractivity contribution in [2.75, 3.05) is 25.6 Å². The minimum Gasteiger partial charge on any atom is -0.367 e. The third kappa shape index (κ3) is 4.13. The maximum Gasteiger partial charge on any atom is 0.254 e. The Morgan fingerprint density at radius 1 is 1.15 bits per heavy atom. The number of anilines is 1. The Morgan fingerprint density at radius 3 is 2.42 bits per heavy atom. The Bertz CT molecular complexity index is 739. The summed E-state index contributed by atoms with van der Waals surface area (Å²) >= 11 is 0. The molecule has 1 aliphatic rings. The van der Waals surface area contributed by atoms with Gasteiger partial charge in [0, 0.05) is 57.6 Å². The molecule has 2 aromatic heterocycles. The molecule has 0 aromatic carbocycles. The van der Waals surface area contributed by atoms with E-state index in [4.69, 9.17) is 4.74 Å². The Kier molecular flexibility index (Phi) is 5.41. The number of aromatic nitrogens is 4. The molecule has 26 heavy (non-hydrogen) atoms. The van der Waals surface area contributed by atoms with Gasteiger partial charge in [-0.15, -0.1) is 0 Å². The summed E-state index contributed by atoms with van der Waals surface area (Å²) in [6, 6.07) is 0. The van der Waals surface area contributed by atoms with Crippen LogP contribution in [0.1, 0.15) is 47.9 Å². The standard InChI is InChI=1S/C18H24N6O2/c1-18(6-4-5-7-26-18)16-20-9-13(10-21-16)8-19-15(25)14-11-22-17(23-12-14)24(2)3/h9-12H,4-8H2,1-3H3,(H,19,25)/t18-/m1/s1. The van der Waals surface area contributed by atoms with Crippen LogP contribution in [0.3, 0.4) is 0 Å². The molecule has 0 aliphatic carbocycles. The van der Waals surface area contributed by atoms with Gasteiger partial charge >= 0.3 is 0 Å². The molecule has 0 saturated carbocycles. The van der Waals surface area contributed by atoms with E-state index in [9.17, 15) is 4.79 Å². The van der Waals surface area contributed by atoms with E-state index < -0.39 is 5.60 Å². The second-order valence-electron chi connectivity index (χ2n) is 6.80. The van der Waals surface area contributed by atoms with E-state index in [1.165, 1.54) is 12.4 Å². The van der Waals surface area contributed by atoms with E-state index in [2.05, 4.69) is 25.3 Å². The smallest absolute Gasteiger partial charge is 0.254 e. The number of ether oxygens (including phenoxy) is 1. The SMILES string of the molecule is CN(C)c1ncc(C(=O)NCc2cnc([C@@]3(C)CCCCO3)nc2)cn1. The van der Waals surface area contributed by atoms with E-state index in [1.54, 1.807) is 17.3 Å². The summed E-state index contributed by atoms with van der Waals surface area (Å²) in [5, 5.41) is 2.83. The average Bonchev–Trinajstić information content (AvgIpc) is 2.67. The van der Waals surface area contributed by atoms with E-state index >= 15 is 0 Å². The van der Waals surface area contributed by atoms with Crippen molar-refractivity contribution in [3.05, 3.63) is 41.7 Å². The predicted molar refractivity (Wildman–Crippen MR) is 96.7 cm³/mol. The van der Waals surface area contributed by atoms with Gasteiger partial charge < -0.3 is 15.0 Å². The van der Waals surface area contributed by atoms with Crippen LogP contribution in [0.25, 0.3) is 0 Å². The van der Waals surface area contributed by atoms with Gasteiger partial charge in [-0.05, 0) is 26.2 Å². The fraction of sp³-hybridized carbons (Fsp3) is 0.500. The average molecular weight is 356 g/mol. The van der Waals surface area contributed by atoms with Crippen molar-refractivity contribution < 1.29 is 9.53 Å². The number of amides is 1. The zero-order valence-electron chi connectivity index (χ0n) is 15.4. The first kappa shape index (κ1) is 18.2. The van der Waals surface area contributed by atoms with Gasteiger partial charge in [-0.1, -0.05) is 0 Å².